The summed E-state index contributed by atoms with van der Waals surface area (Å²) in [5, 5.41) is 14.1. The van der Waals surface area contributed by atoms with Crippen molar-refractivity contribution in [3.05, 3.63) is 0 Å². The van der Waals surface area contributed by atoms with Crippen LogP contribution in [0.25, 0.3) is 0 Å². The maximum Gasteiger partial charge on any atom is 0.326 e. The van der Waals surface area contributed by atoms with Crippen molar-refractivity contribution in [3.63, 3.8) is 0 Å². The van der Waals surface area contributed by atoms with E-state index in [1.807, 2.05) is 0 Å². The maximum absolute atomic E-state index is 11.8. The van der Waals surface area contributed by atoms with Gasteiger partial charge in [-0.1, -0.05) is 26.2 Å². The highest BCUT2D eigenvalue weighted by atomic mass is 16.4. The molecular weight excluding hydrogens is 274 g/mol. The summed E-state index contributed by atoms with van der Waals surface area (Å²) < 4.78 is 0. The molecule has 0 aromatic rings. The first-order valence-corrected chi connectivity index (χ1v) is 7.38. The van der Waals surface area contributed by atoms with Crippen molar-refractivity contribution in [2.75, 3.05) is 6.54 Å². The van der Waals surface area contributed by atoms with E-state index in [1.165, 1.54) is 6.42 Å². The van der Waals surface area contributed by atoms with Crippen LogP contribution < -0.4 is 16.4 Å². The largest absolute Gasteiger partial charge is 0.480 e. The van der Waals surface area contributed by atoms with E-state index in [9.17, 15) is 14.4 Å². The molecule has 0 heterocycles. The van der Waals surface area contributed by atoms with Gasteiger partial charge in [-0.25, -0.2) is 9.59 Å². The van der Waals surface area contributed by atoms with E-state index in [-0.39, 0.29) is 18.3 Å². The average Bonchev–Trinajstić information content (AvgIpc) is 2.41. The quantitative estimate of drug-likeness (QED) is 0.559. The molecule has 0 unspecified atom stereocenters. The Bertz CT molecular complexity index is 392. The van der Waals surface area contributed by atoms with E-state index in [1.54, 1.807) is 0 Å². The fraction of sp³-hybridized carbons (Fsp3) is 0.786. The van der Waals surface area contributed by atoms with E-state index in [2.05, 4.69) is 17.6 Å². The van der Waals surface area contributed by atoms with Crippen LogP contribution >= 0.6 is 0 Å². The van der Waals surface area contributed by atoms with Gasteiger partial charge in [-0.05, 0) is 24.7 Å². The number of amides is 3. The Morgan fingerprint density at radius 2 is 1.86 bits per heavy atom. The van der Waals surface area contributed by atoms with Crippen LogP contribution in [0.5, 0.6) is 0 Å². The van der Waals surface area contributed by atoms with Crippen LogP contribution in [0.3, 0.4) is 0 Å². The van der Waals surface area contributed by atoms with Gasteiger partial charge in [0, 0.05) is 13.0 Å². The zero-order valence-electron chi connectivity index (χ0n) is 12.5. The van der Waals surface area contributed by atoms with Crippen molar-refractivity contribution in [2.45, 2.75) is 57.9 Å². The molecule has 1 aliphatic carbocycles. The van der Waals surface area contributed by atoms with E-state index in [0.29, 0.717) is 6.54 Å². The topological polar surface area (TPSA) is 122 Å². The molecule has 1 fully saturated rings. The summed E-state index contributed by atoms with van der Waals surface area (Å²) in [7, 11) is 0. The molecule has 7 heteroatoms. The minimum Gasteiger partial charge on any atom is -0.480 e. The molecule has 1 rings (SSSR count). The number of carboxylic acids is 1. The number of nitrogens with one attached hydrogen (secondary N) is 2. The third-order valence-electron chi connectivity index (χ3n) is 4.02. The summed E-state index contributed by atoms with van der Waals surface area (Å²) >= 11 is 0. The van der Waals surface area contributed by atoms with Crippen LogP contribution in [0, 0.1) is 5.41 Å². The summed E-state index contributed by atoms with van der Waals surface area (Å²) in [5.74, 6) is -1.76. The lowest BCUT2D eigenvalue weighted by Crippen LogP contribution is -2.48. The van der Waals surface area contributed by atoms with Gasteiger partial charge in [0.15, 0.2) is 0 Å². The number of carbonyl (C=O) groups excluding carboxylic acids is 2. The molecule has 21 heavy (non-hydrogen) atoms. The van der Waals surface area contributed by atoms with Crippen LogP contribution in [0.15, 0.2) is 0 Å². The number of rotatable bonds is 7. The van der Waals surface area contributed by atoms with Gasteiger partial charge >= 0.3 is 12.0 Å². The second-order valence-corrected chi connectivity index (χ2v) is 6.09. The van der Waals surface area contributed by atoms with Crippen LogP contribution in [0.2, 0.25) is 0 Å². The van der Waals surface area contributed by atoms with Crippen molar-refractivity contribution in [1.29, 1.82) is 0 Å². The number of carbonyl (C=O) groups is 3. The highest BCUT2D eigenvalue weighted by molar-refractivity contribution is 5.83. The summed E-state index contributed by atoms with van der Waals surface area (Å²) in [6, 6.07) is -1.62. The summed E-state index contributed by atoms with van der Waals surface area (Å²) in [5.41, 5.74) is 5.07. The number of nitrogens with two attached hydrogens (primary N) is 1. The van der Waals surface area contributed by atoms with Gasteiger partial charge in [-0.3, -0.25) is 4.79 Å². The second kappa shape index (κ2) is 7.85. The van der Waals surface area contributed by atoms with Gasteiger partial charge in [0.2, 0.25) is 5.91 Å². The highest BCUT2D eigenvalue weighted by Crippen LogP contribution is 2.34. The van der Waals surface area contributed by atoms with Gasteiger partial charge in [-0.2, -0.15) is 0 Å². The zero-order chi connectivity index (χ0) is 15.9. The number of carboxylic acid groups (broad SMARTS) is 1. The minimum atomic E-state index is -1.17. The molecule has 1 saturated carbocycles. The van der Waals surface area contributed by atoms with Gasteiger partial charge in [0.25, 0.3) is 0 Å². The zero-order valence-corrected chi connectivity index (χ0v) is 12.5. The van der Waals surface area contributed by atoms with Crippen LogP contribution in [-0.4, -0.2) is 35.6 Å². The minimum absolute atomic E-state index is 0.00461. The smallest absolute Gasteiger partial charge is 0.326 e. The van der Waals surface area contributed by atoms with E-state index in [4.69, 9.17) is 10.8 Å². The van der Waals surface area contributed by atoms with Gasteiger partial charge in [-0.15, -0.1) is 0 Å². The molecule has 0 aromatic heterocycles. The molecule has 0 spiro atoms. The fourth-order valence-corrected chi connectivity index (χ4v) is 2.63. The molecule has 0 bridgehead atoms. The van der Waals surface area contributed by atoms with Crippen LogP contribution in [0.4, 0.5) is 4.79 Å². The fourth-order valence-electron chi connectivity index (χ4n) is 2.63. The normalized spacial score (nSPS) is 18.5. The van der Waals surface area contributed by atoms with Crippen molar-refractivity contribution >= 4 is 17.9 Å². The molecule has 0 saturated heterocycles. The van der Waals surface area contributed by atoms with Gasteiger partial charge < -0.3 is 21.5 Å². The average molecular weight is 299 g/mol. The third-order valence-corrected chi connectivity index (χ3v) is 4.02. The monoisotopic (exact) mass is 299 g/mol. The summed E-state index contributed by atoms with van der Waals surface area (Å²) in [4.78, 5) is 33.5. The Hall–Kier alpha value is -1.79. The third kappa shape index (κ3) is 6.46. The van der Waals surface area contributed by atoms with E-state index in [0.717, 1.165) is 25.7 Å². The second-order valence-electron chi connectivity index (χ2n) is 6.09. The van der Waals surface area contributed by atoms with E-state index < -0.39 is 23.9 Å². The maximum atomic E-state index is 11.8. The van der Waals surface area contributed by atoms with Crippen molar-refractivity contribution < 1.29 is 19.5 Å². The molecule has 0 aliphatic heterocycles. The molecule has 0 radical (unpaired) electrons. The molecule has 0 aromatic carbocycles. The Kier molecular flexibility index (Phi) is 6.45. The first-order chi connectivity index (χ1) is 9.82. The summed E-state index contributed by atoms with van der Waals surface area (Å²) in [6.07, 6.45) is 5.61. The van der Waals surface area contributed by atoms with Crippen molar-refractivity contribution in [2.24, 2.45) is 11.1 Å². The lowest BCUT2D eigenvalue weighted by molar-refractivity contribution is -0.139. The first-order valence-electron chi connectivity index (χ1n) is 7.38. The van der Waals surface area contributed by atoms with Gasteiger partial charge in [0.1, 0.15) is 6.04 Å². The number of hydrogen-bond donors (Lipinski definition) is 4. The molecule has 1 atom stereocenters. The van der Waals surface area contributed by atoms with E-state index >= 15 is 0 Å². The SMILES string of the molecule is CC1(CNC(=O)N[C@@H](CCC(N)=O)C(=O)O)CCCCC1. The lowest BCUT2D eigenvalue weighted by atomic mass is 9.76. The van der Waals surface area contributed by atoms with Crippen molar-refractivity contribution in [3.8, 4) is 0 Å². The standard InChI is InChI=1S/C14H25N3O4/c1-14(7-3-2-4-8-14)9-16-13(21)17-10(12(19)20)5-6-11(15)18/h10H,2-9H2,1H3,(H2,15,18)(H,19,20)(H2,16,17,21)/t10-/m0/s1. The number of aliphatic carboxylic acids is 1. The van der Waals surface area contributed by atoms with Gasteiger partial charge in [0.05, 0.1) is 0 Å². The van der Waals surface area contributed by atoms with Crippen LogP contribution in [0.1, 0.15) is 51.9 Å². The number of urea groups is 1. The van der Waals surface area contributed by atoms with Crippen LogP contribution in [-0.2, 0) is 9.59 Å². The Labute approximate surface area is 124 Å². The highest BCUT2D eigenvalue weighted by Gasteiger charge is 2.28. The number of hydrogen-bond acceptors (Lipinski definition) is 3. The molecule has 120 valence electrons. The Balaban J connectivity index is 2.39. The molecule has 1 aliphatic rings. The number of primary amides is 1. The molecular formula is C14H25N3O4. The predicted molar refractivity (Wildman–Crippen MR) is 77.6 cm³/mol. The Morgan fingerprint density at radius 1 is 1.24 bits per heavy atom. The first kappa shape index (κ1) is 17.3. The summed E-state index contributed by atoms with van der Waals surface area (Å²) in [6.45, 7) is 2.66. The lowest BCUT2D eigenvalue weighted by Gasteiger charge is -2.33. The molecule has 5 N–H and O–H groups in total. The van der Waals surface area contributed by atoms with Crippen molar-refractivity contribution in [1.82, 2.24) is 10.6 Å². The predicted octanol–water partition coefficient (Wildman–Crippen LogP) is 0.975. The molecule has 3 amide bonds. The Morgan fingerprint density at radius 3 is 2.38 bits per heavy atom. The molecule has 7 nitrogen and oxygen atoms in total.